The van der Waals surface area contributed by atoms with E-state index in [1.165, 1.54) is 5.56 Å². The zero-order chi connectivity index (χ0) is 11.5. The Hall–Kier alpha value is -0.340. The van der Waals surface area contributed by atoms with Crippen molar-refractivity contribution in [3.63, 3.8) is 0 Å². The van der Waals surface area contributed by atoms with Gasteiger partial charge in [0.25, 0.3) is 0 Å². The molecule has 84 valence electrons. The maximum atomic E-state index is 5.85. The van der Waals surface area contributed by atoms with Crippen LogP contribution in [0.2, 0.25) is 0 Å². The van der Waals surface area contributed by atoms with Gasteiger partial charge in [0.2, 0.25) is 0 Å². The molecule has 0 aliphatic heterocycles. The van der Waals surface area contributed by atoms with E-state index in [4.69, 9.17) is 5.73 Å². The highest BCUT2D eigenvalue weighted by molar-refractivity contribution is 9.10. The first kappa shape index (κ1) is 12.7. The SMILES string of the molecule is CC(N)CC(C)(C)Cc1cccc(Br)c1. The Bertz CT molecular complexity index is 318. The first-order valence-electron chi connectivity index (χ1n) is 5.39. The molecule has 1 aromatic rings. The maximum absolute atomic E-state index is 5.85. The molecule has 0 heterocycles. The lowest BCUT2D eigenvalue weighted by Crippen LogP contribution is -2.26. The predicted octanol–water partition coefficient (Wildman–Crippen LogP) is 3.76. The van der Waals surface area contributed by atoms with Crippen molar-refractivity contribution in [2.45, 2.75) is 39.7 Å². The molecule has 1 nitrogen and oxygen atoms in total. The van der Waals surface area contributed by atoms with Crippen LogP contribution in [0.4, 0.5) is 0 Å². The number of halogens is 1. The molecular weight excluding hydrogens is 250 g/mol. The fraction of sp³-hybridized carbons (Fsp3) is 0.538. The lowest BCUT2D eigenvalue weighted by molar-refractivity contribution is 0.309. The van der Waals surface area contributed by atoms with Crippen LogP contribution in [0.15, 0.2) is 28.7 Å². The van der Waals surface area contributed by atoms with E-state index >= 15 is 0 Å². The zero-order valence-electron chi connectivity index (χ0n) is 9.76. The topological polar surface area (TPSA) is 26.0 Å². The van der Waals surface area contributed by atoms with Crippen molar-refractivity contribution in [3.8, 4) is 0 Å². The van der Waals surface area contributed by atoms with Crippen molar-refractivity contribution in [3.05, 3.63) is 34.3 Å². The maximum Gasteiger partial charge on any atom is 0.0177 e. The van der Waals surface area contributed by atoms with Crippen molar-refractivity contribution in [1.29, 1.82) is 0 Å². The summed E-state index contributed by atoms with van der Waals surface area (Å²) in [5.74, 6) is 0. The Morgan fingerprint density at radius 3 is 2.60 bits per heavy atom. The summed E-state index contributed by atoms with van der Waals surface area (Å²) in [4.78, 5) is 0. The van der Waals surface area contributed by atoms with Gasteiger partial charge in [-0.3, -0.25) is 0 Å². The summed E-state index contributed by atoms with van der Waals surface area (Å²) in [5.41, 5.74) is 7.50. The van der Waals surface area contributed by atoms with Crippen LogP contribution in [0.25, 0.3) is 0 Å². The second-order valence-corrected chi connectivity index (χ2v) is 6.07. The fourth-order valence-corrected chi connectivity index (χ4v) is 2.59. The minimum absolute atomic E-state index is 0.271. The van der Waals surface area contributed by atoms with Gasteiger partial charge in [0.05, 0.1) is 0 Å². The molecule has 0 aromatic heterocycles. The van der Waals surface area contributed by atoms with Gasteiger partial charge in [-0.25, -0.2) is 0 Å². The van der Waals surface area contributed by atoms with E-state index in [1.807, 2.05) is 0 Å². The summed E-state index contributed by atoms with van der Waals surface area (Å²) in [6, 6.07) is 8.77. The van der Waals surface area contributed by atoms with Gasteiger partial charge in [-0.1, -0.05) is 41.9 Å². The molecule has 0 fully saturated rings. The molecule has 0 radical (unpaired) electrons. The lowest BCUT2D eigenvalue weighted by Gasteiger charge is -2.26. The summed E-state index contributed by atoms with van der Waals surface area (Å²) < 4.78 is 1.15. The van der Waals surface area contributed by atoms with Gasteiger partial charge in [0.1, 0.15) is 0 Å². The van der Waals surface area contributed by atoms with Gasteiger partial charge in [-0.15, -0.1) is 0 Å². The highest BCUT2D eigenvalue weighted by atomic mass is 79.9. The number of hydrogen-bond donors (Lipinski definition) is 1. The number of rotatable bonds is 4. The third-order valence-corrected chi connectivity index (χ3v) is 2.94. The quantitative estimate of drug-likeness (QED) is 0.885. The monoisotopic (exact) mass is 269 g/mol. The highest BCUT2D eigenvalue weighted by Gasteiger charge is 2.20. The summed E-state index contributed by atoms with van der Waals surface area (Å²) in [6.45, 7) is 6.62. The third kappa shape index (κ3) is 4.80. The van der Waals surface area contributed by atoms with Crippen LogP contribution in [0, 0.1) is 5.41 Å². The summed E-state index contributed by atoms with van der Waals surface area (Å²) in [7, 11) is 0. The average Bonchev–Trinajstić information content (AvgIpc) is 1.99. The molecule has 1 atom stereocenters. The van der Waals surface area contributed by atoms with Crippen LogP contribution in [0.1, 0.15) is 32.8 Å². The van der Waals surface area contributed by atoms with Crippen molar-refractivity contribution in [1.82, 2.24) is 0 Å². The number of hydrogen-bond acceptors (Lipinski definition) is 1. The molecule has 1 unspecified atom stereocenters. The first-order chi connectivity index (χ1) is 6.89. The van der Waals surface area contributed by atoms with Crippen molar-refractivity contribution in [2.24, 2.45) is 11.1 Å². The van der Waals surface area contributed by atoms with Gasteiger partial charge >= 0.3 is 0 Å². The van der Waals surface area contributed by atoms with E-state index in [-0.39, 0.29) is 11.5 Å². The highest BCUT2D eigenvalue weighted by Crippen LogP contribution is 2.27. The molecule has 1 aromatic carbocycles. The Morgan fingerprint density at radius 2 is 2.07 bits per heavy atom. The molecule has 0 aliphatic rings. The molecule has 1 rings (SSSR count). The van der Waals surface area contributed by atoms with Crippen LogP contribution in [0.5, 0.6) is 0 Å². The molecule has 0 amide bonds. The molecule has 0 saturated carbocycles. The minimum atomic E-state index is 0.271. The van der Waals surface area contributed by atoms with E-state index in [1.54, 1.807) is 0 Å². The van der Waals surface area contributed by atoms with Gasteiger partial charge in [0, 0.05) is 10.5 Å². The third-order valence-electron chi connectivity index (χ3n) is 2.45. The van der Waals surface area contributed by atoms with Crippen molar-refractivity contribution in [2.75, 3.05) is 0 Å². The van der Waals surface area contributed by atoms with E-state index in [0.29, 0.717) is 0 Å². The van der Waals surface area contributed by atoms with Crippen LogP contribution in [0.3, 0.4) is 0 Å². The predicted molar refractivity (Wildman–Crippen MR) is 69.9 cm³/mol. The second kappa shape index (κ2) is 5.13. The standard InChI is InChI=1S/C13H20BrN/c1-10(15)8-13(2,3)9-11-5-4-6-12(14)7-11/h4-7,10H,8-9,15H2,1-3H3. The van der Waals surface area contributed by atoms with Crippen LogP contribution >= 0.6 is 15.9 Å². The number of nitrogens with two attached hydrogens (primary N) is 1. The Morgan fingerprint density at radius 1 is 1.40 bits per heavy atom. The molecular formula is C13H20BrN. The first-order valence-corrected chi connectivity index (χ1v) is 6.18. The minimum Gasteiger partial charge on any atom is -0.328 e. The van der Waals surface area contributed by atoms with Gasteiger partial charge < -0.3 is 5.73 Å². The molecule has 0 bridgehead atoms. The number of benzene rings is 1. The van der Waals surface area contributed by atoms with E-state index < -0.39 is 0 Å². The summed E-state index contributed by atoms with van der Waals surface area (Å²) in [6.07, 6.45) is 2.13. The molecule has 2 N–H and O–H groups in total. The largest absolute Gasteiger partial charge is 0.328 e. The van der Waals surface area contributed by atoms with Gasteiger partial charge in [0.15, 0.2) is 0 Å². The van der Waals surface area contributed by atoms with Crippen molar-refractivity contribution >= 4 is 15.9 Å². The summed E-state index contributed by atoms with van der Waals surface area (Å²) in [5, 5.41) is 0. The van der Waals surface area contributed by atoms with Crippen LogP contribution in [-0.2, 0) is 6.42 Å². The van der Waals surface area contributed by atoms with Crippen LogP contribution < -0.4 is 5.73 Å². The van der Waals surface area contributed by atoms with E-state index in [9.17, 15) is 0 Å². The Kier molecular flexibility index (Phi) is 4.35. The molecule has 0 saturated heterocycles. The Labute approximate surface area is 101 Å². The van der Waals surface area contributed by atoms with Gasteiger partial charge in [-0.2, -0.15) is 0 Å². The van der Waals surface area contributed by atoms with E-state index in [0.717, 1.165) is 17.3 Å². The van der Waals surface area contributed by atoms with Gasteiger partial charge in [-0.05, 0) is 42.9 Å². The second-order valence-electron chi connectivity index (χ2n) is 5.15. The summed E-state index contributed by atoms with van der Waals surface area (Å²) >= 11 is 3.50. The fourth-order valence-electron chi connectivity index (χ4n) is 2.14. The van der Waals surface area contributed by atoms with E-state index in [2.05, 4.69) is 61.0 Å². The lowest BCUT2D eigenvalue weighted by atomic mass is 9.80. The van der Waals surface area contributed by atoms with Crippen molar-refractivity contribution < 1.29 is 0 Å². The molecule has 2 heteroatoms. The molecule has 0 aliphatic carbocycles. The Balaban J connectivity index is 2.68. The van der Waals surface area contributed by atoms with Crippen LogP contribution in [-0.4, -0.2) is 6.04 Å². The smallest absolute Gasteiger partial charge is 0.0177 e. The molecule has 15 heavy (non-hydrogen) atoms. The zero-order valence-corrected chi connectivity index (χ0v) is 11.3. The normalized spacial score (nSPS) is 13.9. The molecule has 0 spiro atoms. The average molecular weight is 270 g/mol.